The van der Waals surface area contributed by atoms with Gasteiger partial charge in [-0.15, -0.1) is 11.3 Å². The molecule has 0 atom stereocenters. The molecular formula is C11H9FINOS. The lowest BCUT2D eigenvalue weighted by molar-refractivity contribution is 0.310. The SMILES string of the molecule is Nc1cc(I)c(F)cc1OCc1cccs1. The van der Waals surface area contributed by atoms with Crippen molar-refractivity contribution in [2.45, 2.75) is 6.61 Å². The van der Waals surface area contributed by atoms with E-state index in [0.717, 1.165) is 4.88 Å². The molecule has 2 N–H and O–H groups in total. The molecule has 0 amide bonds. The summed E-state index contributed by atoms with van der Waals surface area (Å²) in [4.78, 5) is 1.08. The molecule has 0 fully saturated rings. The molecular weight excluding hydrogens is 340 g/mol. The Balaban J connectivity index is 2.12. The third kappa shape index (κ3) is 2.65. The van der Waals surface area contributed by atoms with Crippen LogP contribution in [-0.4, -0.2) is 0 Å². The van der Waals surface area contributed by atoms with Crippen LogP contribution >= 0.6 is 33.9 Å². The predicted molar refractivity (Wildman–Crippen MR) is 72.2 cm³/mol. The summed E-state index contributed by atoms with van der Waals surface area (Å²) in [6.07, 6.45) is 0. The van der Waals surface area contributed by atoms with Crippen molar-refractivity contribution in [2.75, 3.05) is 5.73 Å². The van der Waals surface area contributed by atoms with Crippen molar-refractivity contribution in [3.8, 4) is 5.75 Å². The van der Waals surface area contributed by atoms with Gasteiger partial charge in [0.1, 0.15) is 18.2 Å². The van der Waals surface area contributed by atoms with Gasteiger partial charge in [0.15, 0.2) is 0 Å². The number of nitrogens with two attached hydrogens (primary N) is 1. The highest BCUT2D eigenvalue weighted by Crippen LogP contribution is 2.27. The average Bonchev–Trinajstić information content (AvgIpc) is 2.74. The zero-order chi connectivity index (χ0) is 11.5. The number of benzene rings is 1. The predicted octanol–water partition coefficient (Wildman–Crippen LogP) is 3.65. The van der Waals surface area contributed by atoms with E-state index in [-0.39, 0.29) is 5.82 Å². The van der Waals surface area contributed by atoms with Gasteiger partial charge in [-0.3, -0.25) is 0 Å². The Morgan fingerprint density at radius 3 is 2.94 bits per heavy atom. The van der Waals surface area contributed by atoms with Crippen LogP contribution in [0.5, 0.6) is 5.75 Å². The lowest BCUT2D eigenvalue weighted by Gasteiger charge is -2.08. The largest absolute Gasteiger partial charge is 0.486 e. The van der Waals surface area contributed by atoms with Crippen molar-refractivity contribution < 1.29 is 9.13 Å². The number of ether oxygens (including phenoxy) is 1. The van der Waals surface area contributed by atoms with Gasteiger partial charge in [-0.05, 0) is 40.1 Å². The quantitative estimate of drug-likeness (QED) is 0.678. The van der Waals surface area contributed by atoms with Gasteiger partial charge in [-0.25, -0.2) is 4.39 Å². The zero-order valence-corrected chi connectivity index (χ0v) is 11.2. The Kier molecular flexibility index (Phi) is 3.65. The molecule has 0 saturated carbocycles. The second kappa shape index (κ2) is 5.01. The Hall–Kier alpha value is -0.820. The van der Waals surface area contributed by atoms with Crippen LogP contribution in [0.25, 0.3) is 0 Å². The van der Waals surface area contributed by atoms with Gasteiger partial charge in [0, 0.05) is 10.9 Å². The van der Waals surface area contributed by atoms with Crippen LogP contribution in [0.2, 0.25) is 0 Å². The fourth-order valence-corrected chi connectivity index (χ4v) is 2.32. The van der Waals surface area contributed by atoms with Crippen LogP contribution in [-0.2, 0) is 6.61 Å². The van der Waals surface area contributed by atoms with Crippen molar-refractivity contribution >= 4 is 39.6 Å². The van der Waals surface area contributed by atoms with Gasteiger partial charge in [0.05, 0.1) is 9.26 Å². The number of hydrogen-bond donors (Lipinski definition) is 1. The molecule has 0 saturated heterocycles. The van der Waals surface area contributed by atoms with Crippen molar-refractivity contribution in [3.63, 3.8) is 0 Å². The monoisotopic (exact) mass is 349 g/mol. The highest BCUT2D eigenvalue weighted by atomic mass is 127. The van der Waals surface area contributed by atoms with Gasteiger partial charge < -0.3 is 10.5 Å². The smallest absolute Gasteiger partial charge is 0.145 e. The van der Waals surface area contributed by atoms with Crippen LogP contribution in [0.3, 0.4) is 0 Å². The molecule has 16 heavy (non-hydrogen) atoms. The van der Waals surface area contributed by atoms with E-state index in [0.29, 0.717) is 21.6 Å². The molecule has 2 rings (SSSR count). The minimum absolute atomic E-state index is 0.309. The summed E-state index contributed by atoms with van der Waals surface area (Å²) in [6.45, 7) is 0.419. The fraction of sp³-hybridized carbons (Fsp3) is 0.0909. The minimum atomic E-state index is -0.309. The summed E-state index contributed by atoms with van der Waals surface area (Å²) in [5, 5.41) is 1.97. The summed E-state index contributed by atoms with van der Waals surface area (Å²) in [5.41, 5.74) is 6.20. The third-order valence-electron chi connectivity index (χ3n) is 2.00. The summed E-state index contributed by atoms with van der Waals surface area (Å²) in [7, 11) is 0. The summed E-state index contributed by atoms with van der Waals surface area (Å²) in [6, 6.07) is 6.80. The summed E-state index contributed by atoms with van der Waals surface area (Å²) >= 11 is 3.49. The first kappa shape index (κ1) is 11.7. The number of anilines is 1. The van der Waals surface area contributed by atoms with Crippen LogP contribution in [0.4, 0.5) is 10.1 Å². The van der Waals surface area contributed by atoms with Crippen LogP contribution in [0.1, 0.15) is 4.88 Å². The topological polar surface area (TPSA) is 35.2 Å². The molecule has 5 heteroatoms. The molecule has 1 aromatic heterocycles. The zero-order valence-electron chi connectivity index (χ0n) is 8.24. The number of thiophene rings is 1. The Labute approximate surface area is 110 Å². The van der Waals surface area contributed by atoms with E-state index in [1.54, 1.807) is 17.4 Å². The number of nitrogen functional groups attached to an aromatic ring is 1. The minimum Gasteiger partial charge on any atom is -0.486 e. The summed E-state index contributed by atoms with van der Waals surface area (Å²) < 4.78 is 19.2. The molecule has 2 nitrogen and oxygen atoms in total. The molecule has 0 radical (unpaired) electrons. The Morgan fingerprint density at radius 2 is 2.25 bits per heavy atom. The van der Waals surface area contributed by atoms with E-state index in [4.69, 9.17) is 10.5 Å². The number of rotatable bonds is 3. The van der Waals surface area contributed by atoms with Gasteiger partial charge >= 0.3 is 0 Å². The molecule has 0 aliphatic rings. The normalized spacial score (nSPS) is 10.4. The van der Waals surface area contributed by atoms with Crippen molar-refractivity contribution in [1.82, 2.24) is 0 Å². The first-order chi connectivity index (χ1) is 7.66. The lowest BCUT2D eigenvalue weighted by atomic mass is 10.3. The first-order valence-electron chi connectivity index (χ1n) is 4.56. The first-order valence-corrected chi connectivity index (χ1v) is 6.52. The molecule has 84 valence electrons. The lowest BCUT2D eigenvalue weighted by Crippen LogP contribution is -1.99. The number of halogens is 2. The second-order valence-electron chi connectivity index (χ2n) is 3.17. The van der Waals surface area contributed by atoms with E-state index in [1.165, 1.54) is 6.07 Å². The van der Waals surface area contributed by atoms with Gasteiger partial charge in [-0.2, -0.15) is 0 Å². The van der Waals surface area contributed by atoms with E-state index >= 15 is 0 Å². The highest BCUT2D eigenvalue weighted by molar-refractivity contribution is 14.1. The molecule has 2 aromatic rings. The molecule has 0 aliphatic heterocycles. The summed E-state index contributed by atoms with van der Waals surface area (Å²) in [5.74, 6) is 0.0855. The fourth-order valence-electron chi connectivity index (χ4n) is 1.21. The maximum atomic E-state index is 13.3. The van der Waals surface area contributed by atoms with Crippen molar-refractivity contribution in [2.24, 2.45) is 0 Å². The molecule has 0 aliphatic carbocycles. The molecule has 0 spiro atoms. The molecule has 0 unspecified atom stereocenters. The van der Waals surface area contributed by atoms with E-state index < -0.39 is 0 Å². The number of hydrogen-bond acceptors (Lipinski definition) is 3. The van der Waals surface area contributed by atoms with Crippen molar-refractivity contribution in [1.29, 1.82) is 0 Å². The van der Waals surface area contributed by atoms with Crippen LogP contribution in [0.15, 0.2) is 29.6 Å². The standard InChI is InChI=1S/C11H9FINOS/c12-8-4-11(10(14)5-9(8)13)15-6-7-2-1-3-16-7/h1-5H,6,14H2. The Morgan fingerprint density at radius 1 is 1.44 bits per heavy atom. The highest BCUT2D eigenvalue weighted by Gasteiger charge is 2.07. The van der Waals surface area contributed by atoms with Gasteiger partial charge in [0.25, 0.3) is 0 Å². The van der Waals surface area contributed by atoms with Crippen molar-refractivity contribution in [3.05, 3.63) is 43.9 Å². The average molecular weight is 349 g/mol. The van der Waals surface area contributed by atoms with Crippen LogP contribution in [0, 0.1) is 9.39 Å². The van der Waals surface area contributed by atoms with E-state index in [2.05, 4.69) is 0 Å². The molecule has 1 heterocycles. The third-order valence-corrected chi connectivity index (χ3v) is 3.68. The van der Waals surface area contributed by atoms with Gasteiger partial charge in [0.2, 0.25) is 0 Å². The van der Waals surface area contributed by atoms with Crippen LogP contribution < -0.4 is 10.5 Å². The molecule has 0 bridgehead atoms. The van der Waals surface area contributed by atoms with E-state index in [1.807, 2.05) is 40.1 Å². The Bertz CT molecular complexity index is 487. The van der Waals surface area contributed by atoms with E-state index in [9.17, 15) is 4.39 Å². The maximum absolute atomic E-state index is 13.3. The molecule has 1 aromatic carbocycles. The van der Waals surface area contributed by atoms with Gasteiger partial charge in [-0.1, -0.05) is 6.07 Å². The maximum Gasteiger partial charge on any atom is 0.145 e. The second-order valence-corrected chi connectivity index (χ2v) is 5.37.